The molecule has 1 heterocycles. The summed E-state index contributed by atoms with van der Waals surface area (Å²) in [6.07, 6.45) is 5.58. The largest absolute Gasteiger partial charge is 0.395 e. The number of aromatic nitrogens is 2. The molecule has 1 unspecified atom stereocenters. The predicted octanol–water partition coefficient (Wildman–Crippen LogP) is 1.42. The maximum Gasteiger partial charge on any atom is 0.241 e. The second-order valence-corrected chi connectivity index (χ2v) is 5.57. The SMILES string of the molecule is CC(CCc1ccccc1)Nc1cnn(CC(=O)NCCO)c1. The number of anilines is 1. The monoisotopic (exact) mass is 316 g/mol. The second-order valence-electron chi connectivity index (χ2n) is 5.57. The molecular formula is C17H24N4O2. The number of rotatable bonds is 9. The van der Waals surface area contributed by atoms with Gasteiger partial charge < -0.3 is 15.7 Å². The number of carbonyl (C=O) groups excluding carboxylic acids is 1. The molecule has 1 aromatic carbocycles. The fourth-order valence-corrected chi connectivity index (χ4v) is 2.31. The molecule has 0 bridgehead atoms. The Morgan fingerprint density at radius 3 is 2.87 bits per heavy atom. The Bertz CT molecular complexity index is 598. The Balaban J connectivity index is 1.76. The number of amides is 1. The van der Waals surface area contributed by atoms with Crippen molar-refractivity contribution in [3.05, 3.63) is 48.3 Å². The first-order valence-corrected chi connectivity index (χ1v) is 7.88. The number of nitrogens with one attached hydrogen (secondary N) is 2. The van der Waals surface area contributed by atoms with Crippen molar-refractivity contribution >= 4 is 11.6 Å². The van der Waals surface area contributed by atoms with Gasteiger partial charge in [0.2, 0.25) is 5.91 Å². The summed E-state index contributed by atoms with van der Waals surface area (Å²) in [5, 5.41) is 18.8. The Kier molecular flexibility index (Phi) is 6.62. The van der Waals surface area contributed by atoms with E-state index in [0.29, 0.717) is 6.04 Å². The van der Waals surface area contributed by atoms with E-state index in [9.17, 15) is 4.79 Å². The van der Waals surface area contributed by atoms with Crippen LogP contribution in [-0.2, 0) is 17.8 Å². The molecule has 0 radical (unpaired) electrons. The first kappa shape index (κ1) is 17.0. The summed E-state index contributed by atoms with van der Waals surface area (Å²) >= 11 is 0. The van der Waals surface area contributed by atoms with Crippen LogP contribution in [0.4, 0.5) is 5.69 Å². The van der Waals surface area contributed by atoms with E-state index in [-0.39, 0.29) is 25.6 Å². The minimum Gasteiger partial charge on any atom is -0.395 e. The smallest absolute Gasteiger partial charge is 0.241 e. The van der Waals surface area contributed by atoms with E-state index < -0.39 is 0 Å². The van der Waals surface area contributed by atoms with E-state index in [1.165, 1.54) is 5.56 Å². The minimum atomic E-state index is -0.161. The molecule has 2 rings (SSSR count). The Labute approximate surface area is 136 Å². The average Bonchev–Trinajstić information content (AvgIpc) is 2.98. The van der Waals surface area contributed by atoms with Crippen LogP contribution < -0.4 is 10.6 Å². The molecule has 0 spiro atoms. The molecule has 0 saturated heterocycles. The highest BCUT2D eigenvalue weighted by atomic mass is 16.3. The van der Waals surface area contributed by atoms with Gasteiger partial charge in [0.15, 0.2) is 0 Å². The highest BCUT2D eigenvalue weighted by molar-refractivity contribution is 5.75. The lowest BCUT2D eigenvalue weighted by molar-refractivity contribution is -0.122. The summed E-state index contributed by atoms with van der Waals surface area (Å²) in [7, 11) is 0. The Morgan fingerprint density at radius 1 is 1.35 bits per heavy atom. The van der Waals surface area contributed by atoms with Gasteiger partial charge in [-0.3, -0.25) is 9.48 Å². The average molecular weight is 316 g/mol. The van der Waals surface area contributed by atoms with Crippen LogP contribution in [0.15, 0.2) is 42.7 Å². The number of aryl methyl sites for hydroxylation is 1. The first-order valence-electron chi connectivity index (χ1n) is 7.88. The third kappa shape index (κ3) is 6.12. The number of nitrogens with zero attached hydrogens (tertiary/aromatic N) is 2. The van der Waals surface area contributed by atoms with Gasteiger partial charge in [-0.1, -0.05) is 30.3 Å². The van der Waals surface area contributed by atoms with Crippen molar-refractivity contribution in [2.24, 2.45) is 0 Å². The lowest BCUT2D eigenvalue weighted by Crippen LogP contribution is -2.30. The van der Waals surface area contributed by atoms with Crippen molar-refractivity contribution in [1.29, 1.82) is 0 Å². The Morgan fingerprint density at radius 2 is 2.13 bits per heavy atom. The number of hydrogen-bond acceptors (Lipinski definition) is 4. The van der Waals surface area contributed by atoms with Crippen LogP contribution in [-0.4, -0.2) is 40.0 Å². The molecule has 0 saturated carbocycles. The van der Waals surface area contributed by atoms with Gasteiger partial charge in [0, 0.05) is 18.8 Å². The molecule has 3 N–H and O–H groups in total. The summed E-state index contributed by atoms with van der Waals surface area (Å²) in [4.78, 5) is 11.6. The van der Waals surface area contributed by atoms with Gasteiger partial charge in [0.25, 0.3) is 0 Å². The van der Waals surface area contributed by atoms with Crippen LogP contribution in [0, 0.1) is 0 Å². The molecule has 2 aromatic rings. The maximum absolute atomic E-state index is 11.6. The van der Waals surface area contributed by atoms with E-state index in [2.05, 4.69) is 46.9 Å². The van der Waals surface area contributed by atoms with E-state index in [1.54, 1.807) is 10.9 Å². The number of aliphatic hydroxyl groups excluding tert-OH is 1. The number of carbonyl (C=O) groups is 1. The third-order valence-electron chi connectivity index (χ3n) is 3.49. The lowest BCUT2D eigenvalue weighted by atomic mass is 10.1. The van der Waals surface area contributed by atoms with Gasteiger partial charge in [-0.25, -0.2) is 0 Å². The van der Waals surface area contributed by atoms with Gasteiger partial charge in [0.1, 0.15) is 6.54 Å². The van der Waals surface area contributed by atoms with Crippen molar-refractivity contribution in [2.75, 3.05) is 18.5 Å². The number of hydrogen-bond donors (Lipinski definition) is 3. The molecule has 0 aliphatic carbocycles. The highest BCUT2D eigenvalue weighted by Gasteiger charge is 2.07. The van der Waals surface area contributed by atoms with Gasteiger partial charge >= 0.3 is 0 Å². The zero-order valence-corrected chi connectivity index (χ0v) is 13.4. The normalized spacial score (nSPS) is 11.9. The van der Waals surface area contributed by atoms with Crippen LogP contribution >= 0.6 is 0 Å². The topological polar surface area (TPSA) is 79.2 Å². The van der Waals surface area contributed by atoms with Gasteiger partial charge in [-0.05, 0) is 25.3 Å². The molecule has 0 fully saturated rings. The van der Waals surface area contributed by atoms with Crippen molar-refractivity contribution in [3.63, 3.8) is 0 Å². The molecule has 1 aromatic heterocycles. The van der Waals surface area contributed by atoms with E-state index in [1.807, 2.05) is 12.3 Å². The standard InChI is InChI=1S/C17H24N4O2/c1-14(7-8-15-5-3-2-4-6-15)20-16-11-19-21(12-16)13-17(23)18-9-10-22/h2-6,11-12,14,20,22H,7-10,13H2,1H3,(H,18,23). The van der Waals surface area contributed by atoms with Crippen molar-refractivity contribution < 1.29 is 9.90 Å². The van der Waals surface area contributed by atoms with E-state index >= 15 is 0 Å². The predicted molar refractivity (Wildman–Crippen MR) is 90.2 cm³/mol. The summed E-state index contributed by atoms with van der Waals surface area (Å²) < 4.78 is 1.58. The van der Waals surface area contributed by atoms with Gasteiger partial charge in [-0.2, -0.15) is 5.10 Å². The van der Waals surface area contributed by atoms with E-state index in [4.69, 9.17) is 5.11 Å². The van der Waals surface area contributed by atoms with Crippen molar-refractivity contribution in [3.8, 4) is 0 Å². The van der Waals surface area contributed by atoms with Crippen LogP contribution in [0.2, 0.25) is 0 Å². The second kappa shape index (κ2) is 8.95. The Hall–Kier alpha value is -2.34. The molecule has 6 heteroatoms. The van der Waals surface area contributed by atoms with Crippen LogP contribution in [0.25, 0.3) is 0 Å². The molecule has 6 nitrogen and oxygen atoms in total. The van der Waals surface area contributed by atoms with Crippen molar-refractivity contribution in [1.82, 2.24) is 15.1 Å². The first-order chi connectivity index (χ1) is 11.2. The minimum absolute atomic E-state index is 0.0589. The fraction of sp³-hybridized carbons (Fsp3) is 0.412. The molecule has 1 atom stereocenters. The molecule has 23 heavy (non-hydrogen) atoms. The summed E-state index contributed by atoms with van der Waals surface area (Å²) in [6, 6.07) is 10.7. The van der Waals surface area contributed by atoms with Crippen LogP contribution in [0.5, 0.6) is 0 Å². The molecule has 1 amide bonds. The quantitative estimate of drug-likeness (QED) is 0.654. The zero-order chi connectivity index (χ0) is 16.5. The summed E-state index contributed by atoms with van der Waals surface area (Å²) in [5.74, 6) is -0.161. The summed E-state index contributed by atoms with van der Waals surface area (Å²) in [6.45, 7) is 2.49. The molecular weight excluding hydrogens is 292 g/mol. The van der Waals surface area contributed by atoms with Gasteiger partial charge in [0.05, 0.1) is 18.5 Å². The lowest BCUT2D eigenvalue weighted by Gasteiger charge is -2.13. The molecule has 124 valence electrons. The fourth-order valence-electron chi connectivity index (χ4n) is 2.31. The zero-order valence-electron chi connectivity index (χ0n) is 13.4. The molecule has 0 aliphatic rings. The highest BCUT2D eigenvalue weighted by Crippen LogP contribution is 2.11. The number of aliphatic hydroxyl groups is 1. The van der Waals surface area contributed by atoms with Gasteiger partial charge in [-0.15, -0.1) is 0 Å². The number of benzene rings is 1. The van der Waals surface area contributed by atoms with E-state index in [0.717, 1.165) is 18.5 Å². The van der Waals surface area contributed by atoms with Crippen LogP contribution in [0.3, 0.4) is 0 Å². The van der Waals surface area contributed by atoms with Crippen LogP contribution in [0.1, 0.15) is 18.9 Å². The molecule has 0 aliphatic heterocycles. The van der Waals surface area contributed by atoms with Crippen molar-refractivity contribution in [2.45, 2.75) is 32.4 Å². The maximum atomic E-state index is 11.6. The summed E-state index contributed by atoms with van der Waals surface area (Å²) in [5.41, 5.74) is 2.23. The third-order valence-corrected chi connectivity index (χ3v) is 3.49.